The molecule has 0 unspecified atom stereocenters. The van der Waals surface area contributed by atoms with E-state index in [4.69, 9.17) is 16.7 Å². The van der Waals surface area contributed by atoms with E-state index in [-0.39, 0.29) is 35.7 Å². The Morgan fingerprint density at radius 2 is 2.22 bits per heavy atom. The molecule has 0 atom stereocenters. The Labute approximate surface area is 112 Å². The molecule has 1 amide bonds. The highest BCUT2D eigenvalue weighted by Crippen LogP contribution is 2.17. The minimum Gasteiger partial charge on any atom is -0.395 e. The van der Waals surface area contributed by atoms with Crippen molar-refractivity contribution in [2.24, 2.45) is 0 Å². The summed E-state index contributed by atoms with van der Waals surface area (Å²) in [6.45, 7) is 6.42. The van der Waals surface area contributed by atoms with Gasteiger partial charge in [0, 0.05) is 19.0 Å². The van der Waals surface area contributed by atoms with Gasteiger partial charge in [0.15, 0.2) is 5.69 Å². The molecule has 0 aromatic carbocycles. The van der Waals surface area contributed by atoms with Gasteiger partial charge in [-0.05, 0) is 6.92 Å². The highest BCUT2D eigenvalue weighted by Gasteiger charge is 2.20. The maximum Gasteiger partial charge on any atom is 0.274 e. The van der Waals surface area contributed by atoms with E-state index >= 15 is 0 Å². The third-order valence-corrected chi connectivity index (χ3v) is 2.80. The molecule has 0 spiro atoms. The van der Waals surface area contributed by atoms with Gasteiger partial charge in [0.25, 0.3) is 5.91 Å². The van der Waals surface area contributed by atoms with Gasteiger partial charge in [-0.1, -0.05) is 25.4 Å². The van der Waals surface area contributed by atoms with Crippen LogP contribution in [-0.2, 0) is 0 Å². The number of rotatable bonds is 5. The van der Waals surface area contributed by atoms with E-state index in [0.29, 0.717) is 12.4 Å². The summed E-state index contributed by atoms with van der Waals surface area (Å²) in [4.78, 5) is 22.0. The number of aliphatic hydroxyl groups excluding tert-OH is 1. The lowest BCUT2D eigenvalue weighted by Gasteiger charge is -2.20. The molecular formula is C12H18ClN3O2. The third kappa shape index (κ3) is 3.40. The molecule has 100 valence electrons. The Bertz CT molecular complexity index is 424. The van der Waals surface area contributed by atoms with Gasteiger partial charge in [0.2, 0.25) is 0 Å². The van der Waals surface area contributed by atoms with Crippen LogP contribution in [0.2, 0.25) is 5.02 Å². The summed E-state index contributed by atoms with van der Waals surface area (Å²) in [5, 5.41) is 9.15. The summed E-state index contributed by atoms with van der Waals surface area (Å²) >= 11 is 5.96. The molecule has 0 saturated heterocycles. The topological polar surface area (TPSA) is 66.3 Å². The second kappa shape index (κ2) is 6.66. The van der Waals surface area contributed by atoms with E-state index in [1.807, 2.05) is 20.8 Å². The molecule has 1 aromatic heterocycles. The fraction of sp³-hybridized carbons (Fsp3) is 0.583. The number of nitrogens with zero attached hydrogens (tertiary/aromatic N) is 3. The van der Waals surface area contributed by atoms with Crippen LogP contribution < -0.4 is 0 Å². The van der Waals surface area contributed by atoms with Crippen LogP contribution in [0.1, 0.15) is 43.0 Å². The fourth-order valence-electron chi connectivity index (χ4n) is 1.48. The predicted molar refractivity (Wildman–Crippen MR) is 69.8 cm³/mol. The molecular weight excluding hydrogens is 254 g/mol. The number of aromatic nitrogens is 2. The number of carbonyl (C=O) groups excluding carboxylic acids is 1. The van der Waals surface area contributed by atoms with Gasteiger partial charge in [-0.3, -0.25) is 4.79 Å². The molecule has 0 radical (unpaired) electrons. The van der Waals surface area contributed by atoms with Crippen molar-refractivity contribution >= 4 is 17.5 Å². The zero-order chi connectivity index (χ0) is 13.7. The highest BCUT2D eigenvalue weighted by atomic mass is 35.5. The van der Waals surface area contributed by atoms with Crippen molar-refractivity contribution in [1.82, 2.24) is 14.9 Å². The summed E-state index contributed by atoms with van der Waals surface area (Å²) in [7, 11) is 0. The van der Waals surface area contributed by atoms with Gasteiger partial charge in [-0.25, -0.2) is 9.97 Å². The first kappa shape index (κ1) is 14.9. The Balaban J connectivity index is 3.06. The minimum atomic E-state index is -0.277. The number of hydrogen-bond acceptors (Lipinski definition) is 4. The normalized spacial score (nSPS) is 10.8. The van der Waals surface area contributed by atoms with Gasteiger partial charge in [-0.15, -0.1) is 0 Å². The summed E-state index contributed by atoms with van der Waals surface area (Å²) in [6.07, 6.45) is 1.45. The summed E-state index contributed by atoms with van der Waals surface area (Å²) in [5.41, 5.74) is 0.200. The van der Waals surface area contributed by atoms with Crippen molar-refractivity contribution in [3.63, 3.8) is 0 Å². The van der Waals surface area contributed by atoms with Crippen molar-refractivity contribution in [2.75, 3.05) is 19.7 Å². The van der Waals surface area contributed by atoms with E-state index in [9.17, 15) is 4.79 Å². The highest BCUT2D eigenvalue weighted by molar-refractivity contribution is 6.33. The predicted octanol–water partition coefficient (Wildman–Crippen LogP) is 1.71. The van der Waals surface area contributed by atoms with Gasteiger partial charge in [0.05, 0.1) is 17.8 Å². The standard InChI is InChI=1S/C12H18ClN3O2/c1-4-16(5-6-17)12(18)10-9(13)7-14-11(15-10)8(2)3/h7-8,17H,4-6H2,1-3H3. The van der Waals surface area contributed by atoms with E-state index in [1.165, 1.54) is 11.1 Å². The van der Waals surface area contributed by atoms with Crippen LogP contribution in [0, 0.1) is 0 Å². The van der Waals surface area contributed by atoms with Gasteiger partial charge in [0.1, 0.15) is 5.82 Å². The van der Waals surface area contributed by atoms with Crippen molar-refractivity contribution in [2.45, 2.75) is 26.7 Å². The van der Waals surface area contributed by atoms with Crippen LogP contribution in [0.25, 0.3) is 0 Å². The Hall–Kier alpha value is -1.20. The SMILES string of the molecule is CCN(CCO)C(=O)c1nc(C(C)C)ncc1Cl. The molecule has 0 saturated carbocycles. The molecule has 1 N–H and O–H groups in total. The number of halogens is 1. The van der Waals surface area contributed by atoms with Crippen LogP contribution in [0.4, 0.5) is 0 Å². The van der Waals surface area contributed by atoms with Crippen molar-refractivity contribution < 1.29 is 9.90 Å². The molecule has 6 heteroatoms. The lowest BCUT2D eigenvalue weighted by Crippen LogP contribution is -2.34. The number of aliphatic hydroxyl groups is 1. The second-order valence-electron chi connectivity index (χ2n) is 4.19. The van der Waals surface area contributed by atoms with Crippen molar-refractivity contribution in [3.8, 4) is 0 Å². The first-order chi connectivity index (χ1) is 8.51. The Morgan fingerprint density at radius 1 is 1.56 bits per heavy atom. The molecule has 1 aromatic rings. The third-order valence-electron chi connectivity index (χ3n) is 2.52. The number of likely N-dealkylation sites (N-methyl/N-ethyl adjacent to an activating group) is 1. The summed E-state index contributed by atoms with van der Waals surface area (Å²) in [5.74, 6) is 0.436. The molecule has 18 heavy (non-hydrogen) atoms. The second-order valence-corrected chi connectivity index (χ2v) is 4.60. The number of carbonyl (C=O) groups is 1. The van der Waals surface area contributed by atoms with Crippen molar-refractivity contribution in [1.29, 1.82) is 0 Å². The van der Waals surface area contributed by atoms with E-state index in [1.54, 1.807) is 0 Å². The van der Waals surface area contributed by atoms with Gasteiger partial charge < -0.3 is 10.0 Å². The molecule has 0 aliphatic heterocycles. The molecule has 0 aliphatic carbocycles. The summed E-state index contributed by atoms with van der Waals surface area (Å²) < 4.78 is 0. The molecule has 5 nitrogen and oxygen atoms in total. The van der Waals surface area contributed by atoms with Gasteiger partial charge in [-0.2, -0.15) is 0 Å². The van der Waals surface area contributed by atoms with E-state index < -0.39 is 0 Å². The van der Waals surface area contributed by atoms with Crippen molar-refractivity contribution in [3.05, 3.63) is 22.7 Å². The lowest BCUT2D eigenvalue weighted by atomic mass is 10.2. The zero-order valence-corrected chi connectivity index (χ0v) is 11.6. The van der Waals surface area contributed by atoms with Crippen LogP contribution in [-0.4, -0.2) is 45.6 Å². The Kier molecular flexibility index (Phi) is 5.50. The van der Waals surface area contributed by atoms with E-state index in [0.717, 1.165) is 0 Å². The van der Waals surface area contributed by atoms with Crippen LogP contribution >= 0.6 is 11.6 Å². The average molecular weight is 272 g/mol. The fourth-order valence-corrected chi connectivity index (χ4v) is 1.65. The van der Waals surface area contributed by atoms with E-state index in [2.05, 4.69) is 9.97 Å². The largest absolute Gasteiger partial charge is 0.395 e. The zero-order valence-electron chi connectivity index (χ0n) is 10.9. The first-order valence-electron chi connectivity index (χ1n) is 5.93. The van der Waals surface area contributed by atoms with Crippen LogP contribution in [0.3, 0.4) is 0 Å². The number of amides is 1. The van der Waals surface area contributed by atoms with Crippen LogP contribution in [0.15, 0.2) is 6.20 Å². The molecule has 0 fully saturated rings. The smallest absolute Gasteiger partial charge is 0.274 e. The molecule has 1 heterocycles. The monoisotopic (exact) mass is 271 g/mol. The minimum absolute atomic E-state index is 0.0840. The number of hydrogen-bond donors (Lipinski definition) is 1. The quantitative estimate of drug-likeness (QED) is 0.885. The molecule has 0 bridgehead atoms. The summed E-state index contributed by atoms with van der Waals surface area (Å²) in [6, 6.07) is 0. The maximum absolute atomic E-state index is 12.2. The Morgan fingerprint density at radius 3 is 2.72 bits per heavy atom. The average Bonchev–Trinajstić information content (AvgIpc) is 2.35. The maximum atomic E-state index is 12.2. The van der Waals surface area contributed by atoms with Crippen LogP contribution in [0.5, 0.6) is 0 Å². The molecule has 0 aliphatic rings. The van der Waals surface area contributed by atoms with Gasteiger partial charge >= 0.3 is 0 Å². The first-order valence-corrected chi connectivity index (χ1v) is 6.31. The lowest BCUT2D eigenvalue weighted by molar-refractivity contribution is 0.0725. The molecule has 1 rings (SSSR count).